The van der Waals surface area contributed by atoms with E-state index < -0.39 is 0 Å². The maximum absolute atomic E-state index is 2.44. The smallest absolute Gasteiger partial charge is 0.0640 e. The van der Waals surface area contributed by atoms with Crippen LogP contribution in [0.5, 0.6) is 0 Å². The van der Waals surface area contributed by atoms with Crippen molar-refractivity contribution in [1.29, 1.82) is 0 Å². The number of fused-ring (bicyclic) bond motifs is 9. The number of benzene rings is 11. The van der Waals surface area contributed by atoms with Crippen molar-refractivity contribution in [2.45, 2.75) is 0 Å². The number of thiophene rings is 2. The van der Waals surface area contributed by atoms with Crippen LogP contribution in [0, 0.1) is 0 Å². The van der Waals surface area contributed by atoms with E-state index in [0.29, 0.717) is 0 Å². The van der Waals surface area contributed by atoms with Gasteiger partial charge in [-0.15, -0.1) is 22.7 Å². The van der Waals surface area contributed by atoms with Crippen molar-refractivity contribution in [3.05, 3.63) is 237 Å². The zero-order valence-electron chi connectivity index (χ0n) is 35.3. The standard InChI is InChI=1S/C62H39NS2/c1-2-12-43(13-3-1)50-19-10-20-54-55-21-11-22-58(62(55)65-61(50)54)63(48-35-30-44(31-36-48)56-39-46-14-4-5-15-49(46)51-16-6-7-17-52(51)56)47-33-28-41(29-34-47)40-24-26-42(27-25-40)45-32-37-60-57(38-45)53-18-8-9-23-59(53)64-60/h1-39H. The molecule has 0 N–H and O–H groups in total. The minimum Gasteiger partial charge on any atom is -0.309 e. The SMILES string of the molecule is c1ccc(-c2cccc3c2sc2c(N(c4ccc(-c5ccc(-c6ccc7sc8ccccc8c7c6)cc5)cc4)c4ccc(-c5cc6ccccc6c6ccccc56)cc4)cccc23)cc1. The van der Waals surface area contributed by atoms with Gasteiger partial charge in [-0.1, -0.05) is 182 Å². The van der Waals surface area contributed by atoms with Gasteiger partial charge in [0.15, 0.2) is 0 Å². The second kappa shape index (κ2) is 15.5. The van der Waals surface area contributed by atoms with Gasteiger partial charge in [0.25, 0.3) is 0 Å². The fourth-order valence-electron chi connectivity index (χ4n) is 9.90. The highest BCUT2D eigenvalue weighted by atomic mass is 32.1. The molecule has 2 heterocycles. The summed E-state index contributed by atoms with van der Waals surface area (Å²) in [6.07, 6.45) is 0. The third-order valence-corrected chi connectivity index (χ3v) is 15.5. The van der Waals surface area contributed by atoms with Crippen molar-refractivity contribution in [3.63, 3.8) is 0 Å². The molecule has 0 saturated carbocycles. The average Bonchev–Trinajstić information content (AvgIpc) is 3.96. The van der Waals surface area contributed by atoms with Crippen LogP contribution in [-0.4, -0.2) is 0 Å². The lowest BCUT2D eigenvalue weighted by Crippen LogP contribution is -2.10. The van der Waals surface area contributed by atoms with Crippen LogP contribution in [0.15, 0.2) is 237 Å². The van der Waals surface area contributed by atoms with Gasteiger partial charge >= 0.3 is 0 Å². The van der Waals surface area contributed by atoms with E-state index in [2.05, 4.69) is 241 Å². The van der Waals surface area contributed by atoms with Crippen LogP contribution in [0.4, 0.5) is 17.1 Å². The van der Waals surface area contributed by atoms with E-state index in [4.69, 9.17) is 0 Å². The van der Waals surface area contributed by atoms with Crippen molar-refractivity contribution in [3.8, 4) is 44.5 Å². The highest BCUT2D eigenvalue weighted by molar-refractivity contribution is 7.27. The van der Waals surface area contributed by atoms with Gasteiger partial charge in [-0.3, -0.25) is 0 Å². The number of hydrogen-bond acceptors (Lipinski definition) is 3. The van der Waals surface area contributed by atoms with Crippen LogP contribution < -0.4 is 4.90 Å². The first-order valence-electron chi connectivity index (χ1n) is 22.1. The quantitative estimate of drug-likeness (QED) is 0.144. The molecule has 0 radical (unpaired) electrons. The van der Waals surface area contributed by atoms with Gasteiger partial charge in [-0.05, 0) is 121 Å². The molecule has 2 aromatic heterocycles. The Labute approximate surface area is 385 Å². The van der Waals surface area contributed by atoms with Crippen molar-refractivity contribution in [1.82, 2.24) is 0 Å². The molecule has 13 rings (SSSR count). The Morgan fingerprint density at radius 3 is 1.54 bits per heavy atom. The van der Waals surface area contributed by atoms with Crippen molar-refractivity contribution in [2.75, 3.05) is 4.90 Å². The Balaban J connectivity index is 0.910. The lowest BCUT2D eigenvalue weighted by molar-refractivity contribution is 1.30. The minimum atomic E-state index is 1.11. The van der Waals surface area contributed by atoms with E-state index >= 15 is 0 Å². The van der Waals surface area contributed by atoms with Crippen molar-refractivity contribution < 1.29 is 0 Å². The fraction of sp³-hybridized carbons (Fsp3) is 0. The molecule has 3 heteroatoms. The molecule has 304 valence electrons. The average molecular weight is 862 g/mol. The van der Waals surface area contributed by atoms with Gasteiger partial charge in [-0.2, -0.15) is 0 Å². The predicted octanol–water partition coefficient (Wildman–Crippen LogP) is 18.9. The molecule has 0 fully saturated rings. The van der Waals surface area contributed by atoms with E-state index in [9.17, 15) is 0 Å². The maximum Gasteiger partial charge on any atom is 0.0640 e. The van der Waals surface area contributed by atoms with Crippen LogP contribution in [0.1, 0.15) is 0 Å². The highest BCUT2D eigenvalue weighted by Gasteiger charge is 2.20. The van der Waals surface area contributed by atoms with Gasteiger partial charge in [0.1, 0.15) is 0 Å². The van der Waals surface area contributed by atoms with E-state index in [1.54, 1.807) is 0 Å². The molecule has 0 amide bonds. The Hall–Kier alpha value is -7.82. The monoisotopic (exact) mass is 861 g/mol. The molecular weight excluding hydrogens is 823 g/mol. The first-order valence-corrected chi connectivity index (χ1v) is 23.8. The van der Waals surface area contributed by atoms with Crippen LogP contribution in [0.25, 0.3) is 106 Å². The first kappa shape index (κ1) is 37.7. The lowest BCUT2D eigenvalue weighted by atomic mass is 9.93. The lowest BCUT2D eigenvalue weighted by Gasteiger charge is -2.26. The highest BCUT2D eigenvalue weighted by Crippen LogP contribution is 2.48. The van der Waals surface area contributed by atoms with Gasteiger partial charge < -0.3 is 4.90 Å². The third kappa shape index (κ3) is 6.43. The number of hydrogen-bond donors (Lipinski definition) is 0. The van der Waals surface area contributed by atoms with Gasteiger partial charge in [0, 0.05) is 47.0 Å². The number of rotatable bonds is 7. The summed E-state index contributed by atoms with van der Waals surface area (Å²) in [6.45, 7) is 0. The molecule has 11 aromatic carbocycles. The predicted molar refractivity (Wildman–Crippen MR) is 284 cm³/mol. The van der Waals surface area contributed by atoms with Crippen LogP contribution in [0.3, 0.4) is 0 Å². The number of nitrogens with zero attached hydrogens (tertiary/aromatic N) is 1. The van der Waals surface area contributed by atoms with Crippen LogP contribution in [0.2, 0.25) is 0 Å². The summed E-state index contributed by atoms with van der Waals surface area (Å²) < 4.78 is 5.24. The first-order chi connectivity index (χ1) is 32.2. The number of anilines is 3. The second-order valence-electron chi connectivity index (χ2n) is 16.8. The zero-order chi connectivity index (χ0) is 42.8. The summed E-state index contributed by atoms with van der Waals surface area (Å²) in [4.78, 5) is 2.44. The Morgan fingerprint density at radius 2 is 0.785 bits per heavy atom. The summed E-state index contributed by atoms with van der Waals surface area (Å²) in [5.74, 6) is 0. The molecule has 0 aliphatic rings. The molecule has 0 bridgehead atoms. The second-order valence-corrected chi connectivity index (χ2v) is 18.9. The van der Waals surface area contributed by atoms with Crippen molar-refractivity contribution >= 4 is 102 Å². The third-order valence-electron chi connectivity index (χ3n) is 13.1. The normalized spacial score (nSPS) is 11.7. The van der Waals surface area contributed by atoms with Crippen LogP contribution in [-0.2, 0) is 0 Å². The fourth-order valence-corrected chi connectivity index (χ4v) is 12.3. The molecule has 0 atom stereocenters. The summed E-state index contributed by atoms with van der Waals surface area (Å²) in [6, 6.07) is 87.1. The van der Waals surface area contributed by atoms with E-state index in [0.717, 1.165) is 11.4 Å². The zero-order valence-corrected chi connectivity index (χ0v) is 36.9. The maximum atomic E-state index is 2.44. The molecule has 13 aromatic rings. The van der Waals surface area contributed by atoms with Gasteiger partial charge in [0.2, 0.25) is 0 Å². The van der Waals surface area contributed by atoms with E-state index in [1.165, 1.54) is 112 Å². The Morgan fingerprint density at radius 1 is 0.262 bits per heavy atom. The summed E-state index contributed by atoms with van der Waals surface area (Å²) >= 11 is 3.75. The topological polar surface area (TPSA) is 3.24 Å². The molecular formula is C62H39NS2. The molecule has 0 spiro atoms. The summed E-state index contributed by atoms with van der Waals surface area (Å²) in [5.41, 5.74) is 13.2. The van der Waals surface area contributed by atoms with Crippen LogP contribution >= 0.6 is 22.7 Å². The molecule has 0 aliphatic carbocycles. The molecule has 65 heavy (non-hydrogen) atoms. The van der Waals surface area contributed by atoms with E-state index in [-0.39, 0.29) is 0 Å². The Bertz CT molecular complexity index is 3920. The molecule has 0 aliphatic heterocycles. The van der Waals surface area contributed by atoms with E-state index in [1.807, 2.05) is 22.7 Å². The van der Waals surface area contributed by atoms with Gasteiger partial charge in [-0.25, -0.2) is 0 Å². The van der Waals surface area contributed by atoms with Crippen molar-refractivity contribution in [2.24, 2.45) is 0 Å². The largest absolute Gasteiger partial charge is 0.309 e. The summed E-state index contributed by atoms with van der Waals surface area (Å²) in [7, 11) is 0. The minimum absolute atomic E-state index is 1.11. The molecule has 0 saturated heterocycles. The van der Waals surface area contributed by atoms with Gasteiger partial charge in [0.05, 0.1) is 10.4 Å². The molecule has 0 unspecified atom stereocenters. The Kier molecular flexibility index (Phi) is 8.97. The summed E-state index contributed by atoms with van der Waals surface area (Å²) in [5, 5.41) is 10.3. The molecule has 1 nitrogen and oxygen atoms in total.